The fourth-order valence-electron chi connectivity index (χ4n) is 2.38. The van der Waals surface area contributed by atoms with Crippen LogP contribution >= 0.6 is 11.8 Å². The Labute approximate surface area is 153 Å². The molecule has 0 fully saturated rings. The number of nitrogens with zero attached hydrogens (tertiary/aromatic N) is 3. The van der Waals surface area contributed by atoms with Gasteiger partial charge in [-0.15, -0.1) is 0 Å². The number of anilines is 1. The number of imidazole rings is 1. The van der Waals surface area contributed by atoms with Gasteiger partial charge in [0.25, 0.3) is 0 Å². The summed E-state index contributed by atoms with van der Waals surface area (Å²) in [5.41, 5.74) is 3.41. The lowest BCUT2D eigenvalue weighted by molar-refractivity contribution is -0.115. The molecule has 0 aliphatic heterocycles. The lowest BCUT2D eigenvalue weighted by Crippen LogP contribution is -2.23. The summed E-state index contributed by atoms with van der Waals surface area (Å²) >= 11 is 1.47. The molecule has 2 rings (SSSR count). The van der Waals surface area contributed by atoms with Crippen LogP contribution in [0.3, 0.4) is 0 Å². The van der Waals surface area contributed by atoms with E-state index in [9.17, 15) is 4.79 Å². The fourth-order valence-corrected chi connectivity index (χ4v) is 3.39. The number of benzene rings is 1. The van der Waals surface area contributed by atoms with Gasteiger partial charge >= 0.3 is 0 Å². The van der Waals surface area contributed by atoms with Crippen molar-refractivity contribution < 1.29 is 4.79 Å². The minimum Gasteiger partial charge on any atom is -0.325 e. The Hall–Kier alpha value is -2.26. The van der Waals surface area contributed by atoms with E-state index in [0.717, 1.165) is 23.1 Å². The van der Waals surface area contributed by atoms with Gasteiger partial charge in [0, 0.05) is 17.9 Å². The van der Waals surface area contributed by atoms with Crippen LogP contribution in [0.4, 0.5) is 5.69 Å². The Morgan fingerprint density at radius 1 is 1.28 bits per heavy atom. The molecule has 0 saturated carbocycles. The van der Waals surface area contributed by atoms with Gasteiger partial charge in [-0.1, -0.05) is 25.6 Å². The highest BCUT2D eigenvalue weighted by atomic mass is 32.2. The number of nitrogens with one attached hydrogen (secondary N) is 1. The van der Waals surface area contributed by atoms with Crippen LogP contribution in [0.5, 0.6) is 0 Å². The molecule has 0 radical (unpaired) electrons. The molecule has 1 aromatic heterocycles. The average molecular weight is 356 g/mol. The molecule has 0 saturated heterocycles. The molecule has 1 amide bonds. The Morgan fingerprint density at radius 2 is 1.92 bits per heavy atom. The van der Waals surface area contributed by atoms with Gasteiger partial charge in [-0.3, -0.25) is 4.79 Å². The van der Waals surface area contributed by atoms with E-state index in [4.69, 9.17) is 5.26 Å². The molecule has 0 aliphatic rings. The first kappa shape index (κ1) is 19.1. The molecule has 0 aliphatic carbocycles. The zero-order chi connectivity index (χ0) is 18.6. The van der Waals surface area contributed by atoms with Crippen LogP contribution in [-0.4, -0.2) is 20.7 Å². The quantitative estimate of drug-likeness (QED) is 0.790. The molecule has 1 heterocycles. The van der Waals surface area contributed by atoms with Crippen LogP contribution in [0.2, 0.25) is 0 Å². The molecular formula is C19H24N4OS. The minimum atomic E-state index is -0.275. The van der Waals surface area contributed by atoms with Gasteiger partial charge in [0.05, 0.1) is 22.6 Å². The van der Waals surface area contributed by atoms with Crippen molar-refractivity contribution in [1.29, 1.82) is 5.26 Å². The molecule has 5 nitrogen and oxygen atoms in total. The highest BCUT2D eigenvalue weighted by molar-refractivity contribution is 8.00. The van der Waals surface area contributed by atoms with Gasteiger partial charge < -0.3 is 9.88 Å². The Morgan fingerprint density at radius 3 is 2.48 bits per heavy atom. The summed E-state index contributed by atoms with van der Waals surface area (Å²) in [6.07, 6.45) is 0. The lowest BCUT2D eigenvalue weighted by atomic mass is 10.2. The van der Waals surface area contributed by atoms with Crippen LogP contribution < -0.4 is 5.32 Å². The van der Waals surface area contributed by atoms with E-state index >= 15 is 0 Å². The average Bonchev–Trinajstić information content (AvgIpc) is 2.82. The molecule has 0 bridgehead atoms. The lowest BCUT2D eigenvalue weighted by Gasteiger charge is -2.15. The van der Waals surface area contributed by atoms with Crippen LogP contribution in [0, 0.1) is 31.1 Å². The highest BCUT2D eigenvalue weighted by Gasteiger charge is 2.20. The normalized spacial score (nSPS) is 12.0. The molecule has 1 aromatic carbocycles. The number of hydrogen-bond acceptors (Lipinski definition) is 4. The second-order valence-corrected chi connectivity index (χ2v) is 7.82. The number of nitriles is 1. The van der Waals surface area contributed by atoms with Crippen molar-refractivity contribution in [3.63, 3.8) is 0 Å². The third-order valence-corrected chi connectivity index (χ3v) is 4.99. The topological polar surface area (TPSA) is 70.7 Å². The predicted molar refractivity (Wildman–Crippen MR) is 102 cm³/mol. The first-order chi connectivity index (χ1) is 11.8. The number of hydrogen-bond donors (Lipinski definition) is 1. The van der Waals surface area contributed by atoms with E-state index in [2.05, 4.69) is 41.7 Å². The third kappa shape index (κ3) is 4.86. The minimum absolute atomic E-state index is 0.0795. The zero-order valence-electron chi connectivity index (χ0n) is 15.3. The summed E-state index contributed by atoms with van der Waals surface area (Å²) in [5, 5.41) is 12.3. The van der Waals surface area contributed by atoms with Gasteiger partial charge in [0.15, 0.2) is 5.16 Å². The fraction of sp³-hybridized carbons (Fsp3) is 0.421. The van der Waals surface area contributed by atoms with Crippen molar-refractivity contribution in [2.75, 3.05) is 5.32 Å². The van der Waals surface area contributed by atoms with E-state index in [0.29, 0.717) is 17.2 Å². The number of aryl methyl sites for hydroxylation is 1. The van der Waals surface area contributed by atoms with E-state index in [1.54, 1.807) is 24.3 Å². The number of rotatable bonds is 6. The number of amides is 1. The molecule has 25 heavy (non-hydrogen) atoms. The molecular weight excluding hydrogens is 332 g/mol. The van der Waals surface area contributed by atoms with E-state index < -0.39 is 0 Å². The second kappa shape index (κ2) is 8.21. The highest BCUT2D eigenvalue weighted by Crippen LogP contribution is 2.27. The summed E-state index contributed by atoms with van der Waals surface area (Å²) in [7, 11) is 0. The van der Waals surface area contributed by atoms with Crippen molar-refractivity contribution >= 4 is 23.4 Å². The molecule has 6 heteroatoms. The SMILES string of the molecule is Cc1nc(S[C@@H](C)C(=O)Nc2ccc(C#N)cc2)n(CC(C)C)c1C. The van der Waals surface area contributed by atoms with Crippen LogP contribution in [0.25, 0.3) is 0 Å². The van der Waals surface area contributed by atoms with Gasteiger partial charge in [-0.2, -0.15) is 5.26 Å². The van der Waals surface area contributed by atoms with E-state index in [1.165, 1.54) is 11.8 Å². The molecule has 1 atom stereocenters. The van der Waals surface area contributed by atoms with Crippen molar-refractivity contribution in [2.45, 2.75) is 51.6 Å². The molecule has 0 spiro atoms. The maximum absolute atomic E-state index is 12.5. The Balaban J connectivity index is 2.08. The van der Waals surface area contributed by atoms with Crippen LogP contribution in [0.15, 0.2) is 29.4 Å². The van der Waals surface area contributed by atoms with Gasteiger partial charge in [-0.25, -0.2) is 4.98 Å². The summed E-state index contributed by atoms with van der Waals surface area (Å²) in [4.78, 5) is 17.1. The molecule has 1 N–H and O–H groups in total. The molecule has 0 unspecified atom stereocenters. The first-order valence-corrected chi connectivity index (χ1v) is 9.21. The van der Waals surface area contributed by atoms with Gasteiger partial charge in [0.1, 0.15) is 0 Å². The third-order valence-electron chi connectivity index (χ3n) is 3.90. The first-order valence-electron chi connectivity index (χ1n) is 8.33. The molecule has 2 aromatic rings. The number of thioether (sulfide) groups is 1. The van der Waals surface area contributed by atoms with Crippen LogP contribution in [0.1, 0.15) is 37.7 Å². The monoisotopic (exact) mass is 356 g/mol. The van der Waals surface area contributed by atoms with E-state index in [1.807, 2.05) is 13.8 Å². The summed E-state index contributed by atoms with van der Waals surface area (Å²) in [5.74, 6) is 0.429. The standard InChI is InChI=1S/C19H24N4OS/c1-12(2)11-23-14(4)13(3)21-19(23)25-15(5)18(24)22-17-8-6-16(10-20)7-9-17/h6-9,12,15H,11H2,1-5H3,(H,22,24)/t15-/m0/s1. The second-order valence-electron chi connectivity index (χ2n) is 6.51. The zero-order valence-corrected chi connectivity index (χ0v) is 16.1. The number of carbonyl (C=O) groups is 1. The summed E-state index contributed by atoms with van der Waals surface area (Å²) in [6, 6.07) is 8.92. The maximum atomic E-state index is 12.5. The van der Waals surface area contributed by atoms with Crippen molar-refractivity contribution in [3.8, 4) is 6.07 Å². The predicted octanol–water partition coefficient (Wildman–Crippen LogP) is 4.15. The summed E-state index contributed by atoms with van der Waals surface area (Å²) < 4.78 is 2.19. The van der Waals surface area contributed by atoms with Crippen molar-refractivity contribution in [1.82, 2.24) is 9.55 Å². The maximum Gasteiger partial charge on any atom is 0.237 e. The van der Waals surface area contributed by atoms with Crippen LogP contribution in [-0.2, 0) is 11.3 Å². The largest absolute Gasteiger partial charge is 0.325 e. The molecule has 132 valence electrons. The van der Waals surface area contributed by atoms with E-state index in [-0.39, 0.29) is 11.2 Å². The van der Waals surface area contributed by atoms with Crippen molar-refractivity contribution in [2.24, 2.45) is 5.92 Å². The summed E-state index contributed by atoms with van der Waals surface area (Å²) in [6.45, 7) is 11.2. The van der Waals surface area contributed by atoms with Gasteiger partial charge in [-0.05, 0) is 51.0 Å². The van der Waals surface area contributed by atoms with Crippen molar-refractivity contribution in [3.05, 3.63) is 41.2 Å². The van der Waals surface area contributed by atoms with Gasteiger partial charge in [0.2, 0.25) is 5.91 Å². The number of carbonyl (C=O) groups excluding carboxylic acids is 1. The smallest absolute Gasteiger partial charge is 0.237 e. The number of aromatic nitrogens is 2. The Kier molecular flexibility index (Phi) is 6.27. The Bertz CT molecular complexity index is 787.